The number of amides is 1. The fourth-order valence-corrected chi connectivity index (χ4v) is 5.30. The van der Waals surface area contributed by atoms with Gasteiger partial charge < -0.3 is 14.8 Å². The largest absolute Gasteiger partial charge is 0.462 e. The van der Waals surface area contributed by atoms with Crippen molar-refractivity contribution in [3.8, 4) is 11.4 Å². The van der Waals surface area contributed by atoms with Crippen LogP contribution in [-0.4, -0.2) is 51.6 Å². The zero-order chi connectivity index (χ0) is 26.2. The van der Waals surface area contributed by atoms with Crippen LogP contribution in [0.15, 0.2) is 42.1 Å². The Kier molecular flexibility index (Phi) is 9.43. The molecular formula is C25H28N4O5S2. The summed E-state index contributed by atoms with van der Waals surface area (Å²) in [4.78, 5) is 38.0. The van der Waals surface area contributed by atoms with Gasteiger partial charge in [-0.05, 0) is 38.8 Å². The maximum Gasteiger partial charge on any atom is 0.348 e. The predicted octanol–water partition coefficient (Wildman–Crippen LogP) is 4.89. The van der Waals surface area contributed by atoms with Crippen LogP contribution < -0.4 is 5.32 Å². The van der Waals surface area contributed by atoms with Crippen molar-refractivity contribution >= 4 is 45.9 Å². The Hall–Kier alpha value is -3.44. The lowest BCUT2D eigenvalue weighted by Gasteiger charge is -2.10. The van der Waals surface area contributed by atoms with Crippen molar-refractivity contribution in [1.82, 2.24) is 14.8 Å². The maximum atomic E-state index is 12.9. The Labute approximate surface area is 217 Å². The molecule has 2 aromatic heterocycles. The van der Waals surface area contributed by atoms with Gasteiger partial charge in [0, 0.05) is 12.1 Å². The van der Waals surface area contributed by atoms with Gasteiger partial charge >= 0.3 is 11.9 Å². The molecule has 11 heteroatoms. The number of nitrogens with zero attached hydrogens (tertiary/aromatic N) is 3. The van der Waals surface area contributed by atoms with E-state index >= 15 is 0 Å². The third kappa shape index (κ3) is 6.03. The van der Waals surface area contributed by atoms with Gasteiger partial charge in [-0.3, -0.25) is 9.36 Å². The van der Waals surface area contributed by atoms with Crippen molar-refractivity contribution < 1.29 is 23.9 Å². The standard InChI is InChI=1S/C25H28N4O5S2/c1-6-13-29-21(17-12-10-9-11-15(17)4)27-28-25(29)35-14-18(30)26-22-19(23(31)33-7-2)16(5)20(36-22)24(32)34-8-3/h6,9-12H,1,7-8,13-14H2,2-5H3,(H,26,30). The van der Waals surface area contributed by atoms with Crippen LogP contribution in [0, 0.1) is 13.8 Å². The number of esters is 2. The molecule has 190 valence electrons. The molecule has 1 N–H and O–H groups in total. The lowest BCUT2D eigenvalue weighted by atomic mass is 10.1. The number of ether oxygens (including phenoxy) is 2. The van der Waals surface area contributed by atoms with E-state index in [0.717, 1.165) is 22.5 Å². The number of nitrogens with one attached hydrogen (secondary N) is 1. The number of thiophene rings is 1. The Morgan fingerprint density at radius 2 is 1.81 bits per heavy atom. The Morgan fingerprint density at radius 3 is 2.47 bits per heavy atom. The van der Waals surface area contributed by atoms with Crippen LogP contribution in [-0.2, 0) is 20.8 Å². The summed E-state index contributed by atoms with van der Waals surface area (Å²) in [6.45, 7) is 11.7. The molecule has 0 radical (unpaired) electrons. The summed E-state index contributed by atoms with van der Waals surface area (Å²) in [5, 5.41) is 12.2. The van der Waals surface area contributed by atoms with Crippen molar-refractivity contribution in [2.75, 3.05) is 24.3 Å². The van der Waals surface area contributed by atoms with Crippen LogP contribution in [0.25, 0.3) is 11.4 Å². The topological polar surface area (TPSA) is 112 Å². The van der Waals surface area contributed by atoms with Gasteiger partial charge in [0.2, 0.25) is 5.91 Å². The number of thioether (sulfide) groups is 1. The number of hydrogen-bond donors (Lipinski definition) is 1. The fourth-order valence-electron chi connectivity index (χ4n) is 3.45. The van der Waals surface area contributed by atoms with E-state index in [1.165, 1.54) is 11.8 Å². The number of allylic oxidation sites excluding steroid dienone is 1. The van der Waals surface area contributed by atoms with Crippen molar-refractivity contribution in [1.29, 1.82) is 0 Å². The highest BCUT2D eigenvalue weighted by atomic mass is 32.2. The van der Waals surface area contributed by atoms with Crippen molar-refractivity contribution in [3.05, 3.63) is 58.5 Å². The molecule has 2 heterocycles. The molecule has 0 unspecified atom stereocenters. The van der Waals surface area contributed by atoms with Gasteiger partial charge in [-0.1, -0.05) is 42.1 Å². The number of hydrogen-bond acceptors (Lipinski definition) is 9. The normalized spacial score (nSPS) is 10.7. The van der Waals surface area contributed by atoms with E-state index in [9.17, 15) is 14.4 Å². The first-order valence-corrected chi connectivity index (χ1v) is 13.1. The molecule has 0 aliphatic heterocycles. The quantitative estimate of drug-likeness (QED) is 0.213. The van der Waals surface area contributed by atoms with Gasteiger partial charge in [0.15, 0.2) is 11.0 Å². The maximum absolute atomic E-state index is 12.9. The summed E-state index contributed by atoms with van der Waals surface area (Å²) >= 11 is 2.20. The number of carbonyl (C=O) groups excluding carboxylic acids is 3. The Morgan fingerprint density at radius 1 is 1.11 bits per heavy atom. The van der Waals surface area contributed by atoms with E-state index in [0.29, 0.717) is 23.1 Å². The molecule has 0 bridgehead atoms. The number of aromatic nitrogens is 3. The second-order valence-electron chi connectivity index (χ2n) is 7.56. The van der Waals surface area contributed by atoms with Gasteiger partial charge in [0.1, 0.15) is 9.88 Å². The fraction of sp³-hybridized carbons (Fsp3) is 0.320. The van der Waals surface area contributed by atoms with Gasteiger partial charge in [-0.25, -0.2) is 9.59 Å². The number of aryl methyl sites for hydroxylation is 1. The third-order valence-corrected chi connectivity index (χ3v) is 7.24. The number of anilines is 1. The number of rotatable bonds is 11. The summed E-state index contributed by atoms with van der Waals surface area (Å²) in [7, 11) is 0. The van der Waals surface area contributed by atoms with Crippen LogP contribution in [0.3, 0.4) is 0 Å². The third-order valence-electron chi connectivity index (χ3n) is 5.09. The lowest BCUT2D eigenvalue weighted by Crippen LogP contribution is -2.17. The average Bonchev–Trinajstić information content (AvgIpc) is 3.39. The highest BCUT2D eigenvalue weighted by Crippen LogP contribution is 2.35. The van der Waals surface area contributed by atoms with Crippen molar-refractivity contribution in [3.63, 3.8) is 0 Å². The number of benzene rings is 1. The van der Waals surface area contributed by atoms with Gasteiger partial charge in [0.25, 0.3) is 0 Å². The predicted molar refractivity (Wildman–Crippen MR) is 141 cm³/mol. The molecule has 0 fully saturated rings. The summed E-state index contributed by atoms with van der Waals surface area (Å²) in [5.41, 5.74) is 2.57. The lowest BCUT2D eigenvalue weighted by molar-refractivity contribution is -0.113. The van der Waals surface area contributed by atoms with E-state index < -0.39 is 11.9 Å². The van der Waals surface area contributed by atoms with Gasteiger partial charge in [-0.2, -0.15) is 0 Å². The van der Waals surface area contributed by atoms with E-state index in [1.54, 1.807) is 26.8 Å². The summed E-state index contributed by atoms with van der Waals surface area (Å²) < 4.78 is 12.1. The second-order valence-corrected chi connectivity index (χ2v) is 9.52. The molecule has 3 aromatic rings. The molecule has 9 nitrogen and oxygen atoms in total. The molecule has 1 aromatic carbocycles. The van der Waals surface area contributed by atoms with Gasteiger partial charge in [-0.15, -0.1) is 28.1 Å². The zero-order valence-corrected chi connectivity index (χ0v) is 22.3. The summed E-state index contributed by atoms with van der Waals surface area (Å²) in [6.07, 6.45) is 1.74. The minimum absolute atomic E-state index is 0.0109. The van der Waals surface area contributed by atoms with E-state index in [-0.39, 0.29) is 40.3 Å². The van der Waals surface area contributed by atoms with Crippen LogP contribution in [0.2, 0.25) is 0 Å². The molecule has 0 saturated heterocycles. The van der Waals surface area contributed by atoms with E-state index in [1.807, 2.05) is 35.8 Å². The molecular weight excluding hydrogens is 500 g/mol. The molecule has 0 spiro atoms. The molecule has 3 rings (SSSR count). The number of carbonyl (C=O) groups is 3. The minimum atomic E-state index is -0.613. The summed E-state index contributed by atoms with van der Waals surface area (Å²) in [5.74, 6) is -0.835. The SMILES string of the molecule is C=CCn1c(SCC(=O)Nc2sc(C(=O)OCC)c(C)c2C(=O)OCC)nnc1-c1ccccc1C. The average molecular weight is 529 g/mol. The molecule has 0 aliphatic rings. The van der Waals surface area contributed by atoms with Gasteiger partial charge in [0.05, 0.1) is 24.5 Å². The first kappa shape index (κ1) is 27.2. The van der Waals surface area contributed by atoms with E-state index in [2.05, 4.69) is 22.1 Å². The Bertz CT molecular complexity index is 1280. The molecule has 36 heavy (non-hydrogen) atoms. The smallest absolute Gasteiger partial charge is 0.348 e. The van der Waals surface area contributed by atoms with Crippen LogP contribution in [0.1, 0.15) is 45.0 Å². The van der Waals surface area contributed by atoms with Crippen LogP contribution in [0.4, 0.5) is 5.00 Å². The monoisotopic (exact) mass is 528 g/mol. The minimum Gasteiger partial charge on any atom is -0.462 e. The zero-order valence-electron chi connectivity index (χ0n) is 20.6. The van der Waals surface area contributed by atoms with Crippen LogP contribution >= 0.6 is 23.1 Å². The van der Waals surface area contributed by atoms with Crippen molar-refractivity contribution in [2.45, 2.75) is 39.4 Å². The molecule has 0 atom stereocenters. The van der Waals surface area contributed by atoms with Crippen LogP contribution in [0.5, 0.6) is 0 Å². The first-order valence-electron chi connectivity index (χ1n) is 11.3. The summed E-state index contributed by atoms with van der Waals surface area (Å²) in [6, 6.07) is 7.86. The highest BCUT2D eigenvalue weighted by Gasteiger charge is 2.27. The highest BCUT2D eigenvalue weighted by molar-refractivity contribution is 7.99. The van der Waals surface area contributed by atoms with E-state index in [4.69, 9.17) is 9.47 Å². The Balaban J connectivity index is 1.81. The second kappa shape index (κ2) is 12.5. The molecule has 0 aliphatic carbocycles. The first-order chi connectivity index (χ1) is 17.3. The molecule has 1 amide bonds. The molecule has 0 saturated carbocycles. The van der Waals surface area contributed by atoms with Crippen molar-refractivity contribution in [2.24, 2.45) is 0 Å².